The molecule has 2 fully saturated rings. The minimum atomic E-state index is -3.25. The number of alkyl halides is 2. The molecule has 2 aliphatic rings. The average Bonchev–Trinajstić information content (AvgIpc) is 3.31. The predicted molar refractivity (Wildman–Crippen MR) is 118 cm³/mol. The summed E-state index contributed by atoms with van der Waals surface area (Å²) in [6, 6.07) is 3.19. The number of anilines is 2. The van der Waals surface area contributed by atoms with Crippen LogP contribution in [0.3, 0.4) is 0 Å². The van der Waals surface area contributed by atoms with E-state index in [2.05, 4.69) is 32.1 Å². The summed E-state index contributed by atoms with van der Waals surface area (Å²) < 4.78 is 35.7. The van der Waals surface area contributed by atoms with Crippen LogP contribution in [-0.2, 0) is 10.7 Å². The summed E-state index contributed by atoms with van der Waals surface area (Å²) in [7, 11) is 0. The Morgan fingerprint density at radius 3 is 2.67 bits per heavy atom. The molecular weight excluding hydrogens is 432 g/mol. The number of aromatic nitrogens is 5. The Bertz CT molecular complexity index is 1220. The Morgan fingerprint density at radius 2 is 2.03 bits per heavy atom. The van der Waals surface area contributed by atoms with E-state index in [1.54, 1.807) is 12.3 Å². The number of fused-ring (bicyclic) bond motifs is 1. The van der Waals surface area contributed by atoms with Gasteiger partial charge in [0.05, 0.1) is 10.9 Å². The summed E-state index contributed by atoms with van der Waals surface area (Å²) in [5.74, 6) is -2.35. The summed E-state index contributed by atoms with van der Waals surface area (Å²) in [5.41, 5.74) is 0.588. The molecule has 0 aromatic carbocycles. The van der Waals surface area contributed by atoms with E-state index in [4.69, 9.17) is 9.84 Å². The van der Waals surface area contributed by atoms with Crippen LogP contribution in [0, 0.1) is 5.92 Å². The molecule has 11 heteroatoms. The number of nitrogens with zero attached hydrogens (tertiary/aromatic N) is 6. The Hall–Kier alpha value is -3.37. The molecule has 3 aromatic rings. The van der Waals surface area contributed by atoms with E-state index < -0.39 is 11.7 Å². The molecule has 4 heterocycles. The van der Waals surface area contributed by atoms with Crippen LogP contribution in [0.5, 0.6) is 5.88 Å². The molecule has 1 saturated carbocycles. The van der Waals surface area contributed by atoms with Crippen LogP contribution in [-0.4, -0.2) is 49.8 Å². The molecule has 33 heavy (non-hydrogen) atoms. The fraction of sp³-hybridized carbons (Fsp3) is 0.500. The maximum Gasteiger partial charge on any atom is 0.304 e. The van der Waals surface area contributed by atoms with Gasteiger partial charge in [0, 0.05) is 45.3 Å². The normalized spacial score (nSPS) is 18.7. The fourth-order valence-electron chi connectivity index (χ4n) is 3.91. The summed E-state index contributed by atoms with van der Waals surface area (Å²) in [6.45, 7) is 5.98. The van der Waals surface area contributed by atoms with Crippen molar-refractivity contribution in [2.75, 3.05) is 23.3 Å². The molecule has 0 spiro atoms. The molecule has 1 atom stereocenters. The summed E-state index contributed by atoms with van der Waals surface area (Å²) in [4.78, 5) is 26.1. The van der Waals surface area contributed by atoms with Crippen LogP contribution in [0.25, 0.3) is 16.7 Å². The number of amides is 1. The number of carbonyl (C=O) groups is 1. The molecule has 1 amide bonds. The van der Waals surface area contributed by atoms with Gasteiger partial charge < -0.3 is 15.0 Å². The lowest BCUT2D eigenvalue weighted by Crippen LogP contribution is -2.20. The van der Waals surface area contributed by atoms with Gasteiger partial charge >= 0.3 is 5.92 Å². The van der Waals surface area contributed by atoms with Gasteiger partial charge in [-0.25, -0.2) is 14.6 Å². The molecule has 3 aromatic heterocycles. The molecule has 0 unspecified atom stereocenters. The predicted octanol–water partition coefficient (Wildman–Crippen LogP) is 3.67. The van der Waals surface area contributed by atoms with E-state index in [0.717, 1.165) is 44.7 Å². The number of pyridine rings is 1. The van der Waals surface area contributed by atoms with Crippen molar-refractivity contribution < 1.29 is 18.3 Å². The van der Waals surface area contributed by atoms with Crippen molar-refractivity contribution in [3.8, 4) is 11.7 Å². The quantitative estimate of drug-likeness (QED) is 0.603. The lowest BCUT2D eigenvalue weighted by Gasteiger charge is -2.15. The molecule has 9 nitrogen and oxygen atoms in total. The first-order valence-electron chi connectivity index (χ1n) is 11.0. The molecule has 0 bridgehead atoms. The molecule has 1 aliphatic carbocycles. The first kappa shape index (κ1) is 21.5. The number of rotatable bonds is 6. The highest BCUT2D eigenvalue weighted by atomic mass is 19.3. The van der Waals surface area contributed by atoms with Crippen molar-refractivity contribution in [1.82, 2.24) is 24.7 Å². The van der Waals surface area contributed by atoms with Crippen LogP contribution in [0.15, 0.2) is 18.3 Å². The second-order valence-electron chi connectivity index (χ2n) is 8.94. The van der Waals surface area contributed by atoms with Gasteiger partial charge in [-0.3, -0.25) is 4.79 Å². The number of carbonyl (C=O) groups excluding carboxylic acids is 1. The van der Waals surface area contributed by atoms with Gasteiger partial charge in [-0.1, -0.05) is 6.92 Å². The van der Waals surface area contributed by atoms with Gasteiger partial charge in [0.25, 0.3) is 0 Å². The maximum absolute atomic E-state index is 14.2. The van der Waals surface area contributed by atoms with Crippen LogP contribution in [0.4, 0.5) is 20.4 Å². The van der Waals surface area contributed by atoms with E-state index in [-0.39, 0.29) is 23.7 Å². The monoisotopic (exact) mass is 457 g/mol. The van der Waals surface area contributed by atoms with Gasteiger partial charge in [0.2, 0.25) is 17.6 Å². The molecule has 0 radical (unpaired) electrons. The summed E-state index contributed by atoms with van der Waals surface area (Å²) in [6.07, 6.45) is 4.39. The van der Waals surface area contributed by atoms with Crippen molar-refractivity contribution in [1.29, 1.82) is 0 Å². The van der Waals surface area contributed by atoms with Gasteiger partial charge in [-0.05, 0) is 25.2 Å². The zero-order valence-corrected chi connectivity index (χ0v) is 18.7. The number of hydrogen-bond donors (Lipinski definition) is 1. The third kappa shape index (κ3) is 4.44. The first-order valence-corrected chi connectivity index (χ1v) is 11.0. The van der Waals surface area contributed by atoms with Gasteiger partial charge in [-0.15, -0.1) is 5.10 Å². The zero-order valence-electron chi connectivity index (χ0n) is 18.7. The topological polar surface area (TPSA) is 98.1 Å². The van der Waals surface area contributed by atoms with Gasteiger partial charge in [0.15, 0.2) is 11.6 Å². The molecule has 174 valence electrons. The first-order chi connectivity index (χ1) is 15.7. The SMILES string of the molecule is CC(=O)Nc1cc2c(cn1)c(N1CC[C@H](C)C1)nn2-c1cc(OC2CC2)nc(C(C)(F)F)n1. The zero-order chi connectivity index (χ0) is 23.3. The Kier molecular flexibility index (Phi) is 5.13. The number of hydrogen-bond acceptors (Lipinski definition) is 7. The molecule has 1 aliphatic heterocycles. The van der Waals surface area contributed by atoms with E-state index in [9.17, 15) is 13.6 Å². The Balaban J connectivity index is 1.68. The third-order valence-electron chi connectivity index (χ3n) is 5.68. The highest BCUT2D eigenvalue weighted by Crippen LogP contribution is 2.34. The Labute approximate surface area is 189 Å². The van der Waals surface area contributed by atoms with Crippen molar-refractivity contribution in [3.05, 3.63) is 24.2 Å². The van der Waals surface area contributed by atoms with Crippen molar-refractivity contribution in [3.63, 3.8) is 0 Å². The van der Waals surface area contributed by atoms with Crippen molar-refractivity contribution in [2.45, 2.75) is 52.1 Å². The molecule has 1 saturated heterocycles. The average molecular weight is 457 g/mol. The standard InChI is InChI=1S/C22H25F2N7O2/c1-12-6-7-30(11-12)20-15-10-25-17(26-13(2)32)8-16(15)31(29-20)18-9-19(33-14-4-5-14)28-21(27-18)22(3,23)24/h8-10,12,14H,4-7,11H2,1-3H3,(H,25,26,32)/t12-/m0/s1. The van der Waals surface area contributed by atoms with Crippen LogP contribution < -0.4 is 15.0 Å². The van der Waals surface area contributed by atoms with E-state index in [1.807, 2.05) is 0 Å². The minimum Gasteiger partial charge on any atom is -0.474 e. The Morgan fingerprint density at radius 1 is 1.24 bits per heavy atom. The van der Waals surface area contributed by atoms with Gasteiger partial charge in [-0.2, -0.15) is 13.8 Å². The van der Waals surface area contributed by atoms with E-state index in [0.29, 0.717) is 23.1 Å². The highest BCUT2D eigenvalue weighted by molar-refractivity contribution is 5.95. The second kappa shape index (κ2) is 7.89. The van der Waals surface area contributed by atoms with E-state index >= 15 is 0 Å². The third-order valence-corrected chi connectivity index (χ3v) is 5.68. The number of nitrogens with one attached hydrogen (secondary N) is 1. The summed E-state index contributed by atoms with van der Waals surface area (Å²) >= 11 is 0. The highest BCUT2D eigenvalue weighted by Gasteiger charge is 2.32. The minimum absolute atomic E-state index is 0.0161. The van der Waals surface area contributed by atoms with Crippen molar-refractivity contribution in [2.24, 2.45) is 5.92 Å². The lowest BCUT2D eigenvalue weighted by molar-refractivity contribution is -0.114. The maximum atomic E-state index is 14.2. The van der Waals surface area contributed by atoms with Crippen LogP contribution >= 0.6 is 0 Å². The molecule has 5 rings (SSSR count). The van der Waals surface area contributed by atoms with Crippen LogP contribution in [0.2, 0.25) is 0 Å². The molecular formula is C22H25F2N7O2. The number of ether oxygens (including phenoxy) is 1. The second-order valence-corrected chi connectivity index (χ2v) is 8.94. The fourth-order valence-corrected chi connectivity index (χ4v) is 3.91. The van der Waals surface area contributed by atoms with Crippen LogP contribution in [0.1, 0.15) is 45.9 Å². The molecule has 1 N–H and O–H groups in total. The van der Waals surface area contributed by atoms with Gasteiger partial charge in [0.1, 0.15) is 11.9 Å². The lowest BCUT2D eigenvalue weighted by atomic mass is 10.2. The largest absolute Gasteiger partial charge is 0.474 e. The number of halogens is 2. The summed E-state index contributed by atoms with van der Waals surface area (Å²) in [5, 5.41) is 8.16. The smallest absolute Gasteiger partial charge is 0.304 e. The van der Waals surface area contributed by atoms with Crippen molar-refractivity contribution >= 4 is 28.4 Å². The van der Waals surface area contributed by atoms with E-state index in [1.165, 1.54) is 17.7 Å².